The molecular weight excluding hydrogens is 414 g/mol. The Hall–Kier alpha value is -2.65. The molecule has 1 saturated carbocycles. The number of methoxy groups -OCH3 is 1. The van der Waals surface area contributed by atoms with Gasteiger partial charge in [-0.1, -0.05) is 12.1 Å². The quantitative estimate of drug-likeness (QED) is 0.555. The lowest BCUT2D eigenvalue weighted by molar-refractivity contribution is 0.340. The number of sulfonamides is 1. The minimum absolute atomic E-state index is 0.176. The Morgan fingerprint density at radius 2 is 1.87 bits per heavy atom. The van der Waals surface area contributed by atoms with E-state index in [2.05, 4.69) is 31.6 Å². The molecule has 1 aliphatic carbocycles. The molecule has 0 aliphatic heterocycles. The lowest BCUT2D eigenvalue weighted by atomic mass is 9.86. The van der Waals surface area contributed by atoms with Crippen LogP contribution < -0.4 is 14.4 Å². The number of hydrogen-bond donors (Lipinski definition) is 2. The first-order valence-corrected chi connectivity index (χ1v) is 12.2. The number of H-pyrrole nitrogens is 1. The predicted octanol–water partition coefficient (Wildman–Crippen LogP) is 3.08. The second-order valence-corrected chi connectivity index (χ2v) is 10.0. The van der Waals surface area contributed by atoms with Crippen LogP contribution in [0.25, 0.3) is 11.0 Å². The Labute approximate surface area is 183 Å². The summed E-state index contributed by atoms with van der Waals surface area (Å²) < 4.78 is 33.0. The molecule has 0 radical (unpaired) electrons. The van der Waals surface area contributed by atoms with E-state index in [-0.39, 0.29) is 11.7 Å². The Kier molecular flexibility index (Phi) is 6.43. The maximum Gasteiger partial charge on any atom is 0.212 e. The molecule has 31 heavy (non-hydrogen) atoms. The zero-order valence-electron chi connectivity index (χ0n) is 17.9. The van der Waals surface area contributed by atoms with Crippen molar-refractivity contribution in [2.45, 2.75) is 38.3 Å². The van der Waals surface area contributed by atoms with Crippen LogP contribution in [0.5, 0.6) is 5.75 Å². The largest absolute Gasteiger partial charge is 0.497 e. The molecule has 0 unspecified atom stereocenters. The molecule has 2 N–H and O–H groups in total. The number of benzene rings is 1. The van der Waals surface area contributed by atoms with Crippen LogP contribution in [0, 0.1) is 5.92 Å². The predicted molar refractivity (Wildman–Crippen MR) is 122 cm³/mol. The van der Waals surface area contributed by atoms with Gasteiger partial charge < -0.3 is 14.6 Å². The van der Waals surface area contributed by atoms with Crippen LogP contribution in [0.2, 0.25) is 0 Å². The Morgan fingerprint density at radius 3 is 2.58 bits per heavy atom. The van der Waals surface area contributed by atoms with E-state index in [4.69, 9.17) is 4.74 Å². The van der Waals surface area contributed by atoms with Crippen LogP contribution >= 0.6 is 0 Å². The highest BCUT2D eigenvalue weighted by molar-refractivity contribution is 7.89. The average molecular weight is 444 g/mol. The van der Waals surface area contributed by atoms with Crippen molar-refractivity contribution in [2.24, 2.45) is 5.92 Å². The maximum atomic E-state index is 12.6. The molecule has 3 aromatic rings. The molecule has 9 heteroatoms. The fraction of sp³-hybridized carbons (Fsp3) is 0.455. The minimum atomic E-state index is -3.33. The standard InChI is InChI=1S/C22H29N5O3S/c1-27(22-20-11-12-23-21(20)24-15-25-22)18-7-3-17(4-8-18)14-31(28,29)26-13-16-5-9-19(30-2)10-6-16/h5-6,9-12,15,17-18,26H,3-4,7-8,13-14H2,1-2H3,(H,23,24,25)/t17-,18+. The number of nitrogens with one attached hydrogen (secondary N) is 2. The molecule has 1 aromatic carbocycles. The van der Waals surface area contributed by atoms with Crippen molar-refractivity contribution in [3.8, 4) is 5.75 Å². The van der Waals surface area contributed by atoms with E-state index in [0.717, 1.165) is 53.8 Å². The van der Waals surface area contributed by atoms with Gasteiger partial charge >= 0.3 is 0 Å². The van der Waals surface area contributed by atoms with E-state index in [1.54, 1.807) is 13.4 Å². The fourth-order valence-electron chi connectivity index (χ4n) is 4.32. The average Bonchev–Trinajstić information content (AvgIpc) is 3.27. The number of aromatic nitrogens is 3. The van der Waals surface area contributed by atoms with Crippen LogP contribution in [0.1, 0.15) is 31.2 Å². The van der Waals surface area contributed by atoms with Gasteiger partial charge in [0.05, 0.1) is 18.2 Å². The molecule has 1 fully saturated rings. The normalized spacial score (nSPS) is 19.4. The molecule has 2 aromatic heterocycles. The van der Waals surface area contributed by atoms with Gasteiger partial charge in [0.1, 0.15) is 23.5 Å². The zero-order valence-corrected chi connectivity index (χ0v) is 18.7. The summed E-state index contributed by atoms with van der Waals surface area (Å²) in [7, 11) is 0.346. The monoisotopic (exact) mass is 443 g/mol. The summed E-state index contributed by atoms with van der Waals surface area (Å²) in [5, 5.41) is 1.01. The molecule has 2 heterocycles. The highest BCUT2D eigenvalue weighted by atomic mass is 32.2. The zero-order chi connectivity index (χ0) is 21.8. The van der Waals surface area contributed by atoms with Crippen LogP contribution in [0.15, 0.2) is 42.9 Å². The maximum absolute atomic E-state index is 12.6. The third-order valence-corrected chi connectivity index (χ3v) is 7.64. The number of rotatable bonds is 8. The highest BCUT2D eigenvalue weighted by Gasteiger charge is 2.28. The number of aromatic amines is 1. The van der Waals surface area contributed by atoms with Crippen molar-refractivity contribution >= 4 is 26.9 Å². The van der Waals surface area contributed by atoms with Gasteiger partial charge in [0.2, 0.25) is 10.0 Å². The van der Waals surface area contributed by atoms with Gasteiger partial charge in [-0.2, -0.15) is 0 Å². The van der Waals surface area contributed by atoms with Crippen LogP contribution in [0.4, 0.5) is 5.82 Å². The van der Waals surface area contributed by atoms with E-state index >= 15 is 0 Å². The first-order valence-electron chi connectivity index (χ1n) is 10.6. The molecule has 166 valence electrons. The van der Waals surface area contributed by atoms with Gasteiger partial charge in [-0.05, 0) is 55.4 Å². The summed E-state index contributed by atoms with van der Waals surface area (Å²) in [5.74, 6) is 2.03. The highest BCUT2D eigenvalue weighted by Crippen LogP contribution is 2.32. The molecule has 4 rings (SSSR count). The smallest absolute Gasteiger partial charge is 0.212 e. The molecule has 8 nitrogen and oxygen atoms in total. The van der Waals surface area contributed by atoms with E-state index in [9.17, 15) is 8.42 Å². The Balaban J connectivity index is 1.29. The lowest BCUT2D eigenvalue weighted by Gasteiger charge is -2.35. The second-order valence-electron chi connectivity index (χ2n) is 8.17. The second kappa shape index (κ2) is 9.23. The molecule has 0 amide bonds. The Morgan fingerprint density at radius 1 is 1.13 bits per heavy atom. The van der Waals surface area contributed by atoms with Crippen LogP contribution in [0.3, 0.4) is 0 Å². The first kappa shape index (κ1) is 21.6. The van der Waals surface area contributed by atoms with Gasteiger partial charge in [0.15, 0.2) is 0 Å². The van der Waals surface area contributed by atoms with Crippen molar-refractivity contribution < 1.29 is 13.2 Å². The topological polar surface area (TPSA) is 100 Å². The minimum Gasteiger partial charge on any atom is -0.497 e. The van der Waals surface area contributed by atoms with Crippen LogP contribution in [-0.4, -0.2) is 49.3 Å². The third-order valence-electron chi connectivity index (χ3n) is 6.14. The van der Waals surface area contributed by atoms with Gasteiger partial charge in [-0.3, -0.25) is 0 Å². The van der Waals surface area contributed by atoms with Crippen molar-refractivity contribution in [1.29, 1.82) is 0 Å². The lowest BCUT2D eigenvalue weighted by Crippen LogP contribution is -2.38. The number of ether oxygens (including phenoxy) is 1. The summed E-state index contributed by atoms with van der Waals surface area (Å²) in [5.41, 5.74) is 1.75. The summed E-state index contributed by atoms with van der Waals surface area (Å²) >= 11 is 0. The summed E-state index contributed by atoms with van der Waals surface area (Å²) in [6, 6.07) is 9.75. The molecule has 0 bridgehead atoms. The number of nitrogens with zero attached hydrogens (tertiary/aromatic N) is 3. The molecule has 0 atom stereocenters. The van der Waals surface area contributed by atoms with E-state index < -0.39 is 10.0 Å². The molecule has 0 saturated heterocycles. The SMILES string of the molecule is COc1ccc(CNS(=O)(=O)C[C@H]2CC[C@@H](N(C)c3ncnc4[nH]ccc34)CC2)cc1. The summed E-state index contributed by atoms with van der Waals surface area (Å²) in [4.78, 5) is 14.1. The van der Waals surface area contributed by atoms with E-state index in [0.29, 0.717) is 12.6 Å². The third kappa shape index (κ3) is 5.16. The van der Waals surface area contributed by atoms with Crippen LogP contribution in [-0.2, 0) is 16.6 Å². The first-order chi connectivity index (χ1) is 14.9. The van der Waals surface area contributed by atoms with Crippen molar-refractivity contribution in [3.63, 3.8) is 0 Å². The van der Waals surface area contributed by atoms with Gasteiger partial charge in [-0.15, -0.1) is 0 Å². The van der Waals surface area contributed by atoms with Gasteiger partial charge in [0, 0.05) is 25.8 Å². The van der Waals surface area contributed by atoms with E-state index in [1.807, 2.05) is 36.5 Å². The molecular formula is C22H29N5O3S. The van der Waals surface area contributed by atoms with E-state index in [1.165, 1.54) is 0 Å². The fourth-order valence-corrected chi connectivity index (χ4v) is 5.78. The number of hydrogen-bond acceptors (Lipinski definition) is 6. The molecule has 0 spiro atoms. The van der Waals surface area contributed by atoms with Gasteiger partial charge in [-0.25, -0.2) is 23.1 Å². The van der Waals surface area contributed by atoms with Gasteiger partial charge in [0.25, 0.3) is 0 Å². The van der Waals surface area contributed by atoms with Crippen molar-refractivity contribution in [3.05, 3.63) is 48.4 Å². The number of anilines is 1. The Bertz CT molecular complexity index is 1110. The van der Waals surface area contributed by atoms with Crippen molar-refractivity contribution in [1.82, 2.24) is 19.7 Å². The van der Waals surface area contributed by atoms with Crippen molar-refractivity contribution in [2.75, 3.05) is 24.8 Å². The number of fused-ring (bicyclic) bond motifs is 1. The molecule has 1 aliphatic rings. The summed E-state index contributed by atoms with van der Waals surface area (Å²) in [6.07, 6.45) is 7.13. The summed E-state index contributed by atoms with van der Waals surface area (Å²) in [6.45, 7) is 0.296.